The fourth-order valence-corrected chi connectivity index (χ4v) is 2.66. The highest BCUT2D eigenvalue weighted by Crippen LogP contribution is 2.25. The normalized spacial score (nSPS) is 10.4. The molecular weight excluding hydrogens is 326 g/mol. The number of rotatable bonds is 10. The van der Waals surface area contributed by atoms with Crippen molar-refractivity contribution >= 4 is 5.91 Å². The van der Waals surface area contributed by atoms with Crippen LogP contribution in [-0.4, -0.2) is 11.1 Å². The summed E-state index contributed by atoms with van der Waals surface area (Å²) in [4.78, 5) is 23.7. The van der Waals surface area contributed by atoms with E-state index in [9.17, 15) is 4.79 Å². The molecule has 0 spiro atoms. The molecule has 0 aliphatic heterocycles. The number of unbranched alkanes of at least 4 members (excludes halogenated alkanes) is 2. The number of nitrogens with zero attached hydrogens (tertiary/aromatic N) is 1. The third-order valence-corrected chi connectivity index (χ3v) is 4.16. The summed E-state index contributed by atoms with van der Waals surface area (Å²) in [6.45, 7) is 5.74. The van der Waals surface area contributed by atoms with Gasteiger partial charge in [0.1, 0.15) is 0 Å². The summed E-state index contributed by atoms with van der Waals surface area (Å²) in [5, 5.41) is 0.982. The van der Waals surface area contributed by atoms with E-state index < -0.39 is 0 Å². The molecule has 0 aliphatic rings. The lowest BCUT2D eigenvalue weighted by Crippen LogP contribution is -2.36. The Morgan fingerprint density at radius 1 is 0.808 bits per heavy atom. The third kappa shape index (κ3) is 5.80. The summed E-state index contributed by atoms with van der Waals surface area (Å²) in [7, 11) is 0. The minimum absolute atomic E-state index is 0.305. The zero-order valence-electron chi connectivity index (χ0n) is 16.0. The molecule has 0 heterocycles. The molecule has 2 aromatic carbocycles. The molecule has 0 unspecified atom stereocenters. The van der Waals surface area contributed by atoms with Gasteiger partial charge >= 0.3 is 0 Å². The summed E-state index contributed by atoms with van der Waals surface area (Å²) in [5.74, 6) is 1.00. The quantitative estimate of drug-likeness (QED) is 0.528. The van der Waals surface area contributed by atoms with Crippen LogP contribution >= 0.6 is 0 Å². The molecule has 4 nitrogen and oxygen atoms in total. The second-order valence-electron chi connectivity index (χ2n) is 6.38. The molecule has 0 aliphatic carbocycles. The van der Waals surface area contributed by atoms with Crippen LogP contribution < -0.4 is 9.68 Å². The first-order valence-electron chi connectivity index (χ1n) is 9.48. The summed E-state index contributed by atoms with van der Waals surface area (Å²) in [6.07, 6.45) is 6.16. The lowest BCUT2D eigenvalue weighted by atomic mass is 10.1. The Labute approximate surface area is 156 Å². The van der Waals surface area contributed by atoms with E-state index in [1.165, 1.54) is 6.92 Å². The predicted octanol–water partition coefficient (Wildman–Crippen LogP) is 5.51. The van der Waals surface area contributed by atoms with Crippen LogP contribution in [0, 0.1) is 0 Å². The summed E-state index contributed by atoms with van der Waals surface area (Å²) in [5.41, 5.74) is 2.15. The van der Waals surface area contributed by atoms with E-state index >= 15 is 0 Å². The van der Waals surface area contributed by atoms with Crippen LogP contribution in [0.2, 0.25) is 0 Å². The second kappa shape index (κ2) is 10.5. The standard InChI is InChI=1S/C22H29NO3/c1-4-6-12-19-14-8-10-16-21(19)25-23(18(3)24)26-22-17-11-9-15-20(22)13-7-5-2/h8-11,14-17H,4-7,12-13H2,1-3H3. The number of carbonyl (C=O) groups is 1. The monoisotopic (exact) mass is 355 g/mol. The van der Waals surface area contributed by atoms with Gasteiger partial charge in [-0.1, -0.05) is 63.1 Å². The Hall–Kier alpha value is -2.49. The summed E-state index contributed by atoms with van der Waals surface area (Å²) >= 11 is 0. The maximum atomic E-state index is 12.1. The highest BCUT2D eigenvalue weighted by Gasteiger charge is 2.17. The molecule has 1 amide bonds. The van der Waals surface area contributed by atoms with Gasteiger partial charge < -0.3 is 9.68 Å². The Bertz CT molecular complexity index is 646. The van der Waals surface area contributed by atoms with Gasteiger partial charge in [0.2, 0.25) is 0 Å². The number of para-hydroxylation sites is 2. The molecule has 4 heteroatoms. The van der Waals surface area contributed by atoms with E-state index in [1.807, 2.05) is 48.5 Å². The number of amides is 1. The lowest BCUT2D eigenvalue weighted by molar-refractivity contribution is -0.244. The zero-order chi connectivity index (χ0) is 18.8. The first-order valence-corrected chi connectivity index (χ1v) is 9.48. The smallest absolute Gasteiger partial charge is 0.293 e. The zero-order valence-corrected chi connectivity index (χ0v) is 16.0. The Kier molecular flexibility index (Phi) is 8.00. The molecule has 0 aromatic heterocycles. The summed E-state index contributed by atoms with van der Waals surface area (Å²) < 4.78 is 0. The van der Waals surface area contributed by atoms with E-state index in [-0.39, 0.29) is 5.91 Å². The third-order valence-electron chi connectivity index (χ3n) is 4.16. The number of benzene rings is 2. The number of hydroxylamine groups is 2. The van der Waals surface area contributed by atoms with Gasteiger partial charge in [-0.2, -0.15) is 0 Å². The summed E-state index contributed by atoms with van der Waals surface area (Å²) in [6, 6.07) is 15.6. The van der Waals surface area contributed by atoms with Crippen LogP contribution in [-0.2, 0) is 17.6 Å². The van der Waals surface area contributed by atoms with Crippen molar-refractivity contribution in [3.8, 4) is 11.5 Å². The van der Waals surface area contributed by atoms with Crippen molar-refractivity contribution in [2.24, 2.45) is 0 Å². The van der Waals surface area contributed by atoms with Crippen LogP contribution in [0.1, 0.15) is 57.6 Å². The van der Waals surface area contributed by atoms with E-state index in [0.717, 1.165) is 54.9 Å². The molecule has 0 saturated carbocycles. The van der Waals surface area contributed by atoms with Gasteiger partial charge in [-0.3, -0.25) is 4.79 Å². The topological polar surface area (TPSA) is 38.8 Å². The maximum absolute atomic E-state index is 12.1. The highest BCUT2D eigenvalue weighted by molar-refractivity contribution is 5.71. The maximum Gasteiger partial charge on any atom is 0.293 e. The van der Waals surface area contributed by atoms with Crippen LogP contribution in [0.5, 0.6) is 11.5 Å². The first kappa shape index (κ1) is 19.8. The van der Waals surface area contributed by atoms with Crippen molar-refractivity contribution in [2.45, 2.75) is 59.3 Å². The van der Waals surface area contributed by atoms with Crippen molar-refractivity contribution in [1.82, 2.24) is 5.23 Å². The van der Waals surface area contributed by atoms with E-state index in [0.29, 0.717) is 11.5 Å². The number of hydrogen-bond donors (Lipinski definition) is 0. The molecule has 2 aromatic rings. The van der Waals surface area contributed by atoms with Crippen molar-refractivity contribution < 1.29 is 14.5 Å². The minimum atomic E-state index is -0.305. The molecule has 0 bridgehead atoms. The molecule has 2 rings (SSSR count). The van der Waals surface area contributed by atoms with Crippen LogP contribution in [0.25, 0.3) is 0 Å². The highest BCUT2D eigenvalue weighted by atomic mass is 17.0. The van der Waals surface area contributed by atoms with Gasteiger partial charge in [0.05, 0.1) is 0 Å². The van der Waals surface area contributed by atoms with Gasteiger partial charge in [-0.15, -0.1) is 0 Å². The molecule has 0 atom stereocenters. The Morgan fingerprint density at radius 2 is 1.23 bits per heavy atom. The fraction of sp³-hybridized carbons (Fsp3) is 0.409. The largest absolute Gasteiger partial charge is 0.343 e. The van der Waals surface area contributed by atoms with Crippen LogP contribution in [0.4, 0.5) is 0 Å². The Morgan fingerprint density at radius 3 is 1.62 bits per heavy atom. The van der Waals surface area contributed by atoms with Gasteiger partial charge in [0.25, 0.3) is 5.91 Å². The molecule has 0 fully saturated rings. The van der Waals surface area contributed by atoms with Crippen LogP contribution in [0.15, 0.2) is 48.5 Å². The number of carbonyl (C=O) groups excluding carboxylic acids is 1. The van der Waals surface area contributed by atoms with Gasteiger partial charge in [0, 0.05) is 12.2 Å². The van der Waals surface area contributed by atoms with Gasteiger partial charge in [-0.25, -0.2) is 0 Å². The van der Waals surface area contributed by atoms with Gasteiger partial charge in [0.15, 0.2) is 11.5 Å². The fourth-order valence-electron chi connectivity index (χ4n) is 2.66. The van der Waals surface area contributed by atoms with E-state index in [4.69, 9.17) is 9.68 Å². The van der Waals surface area contributed by atoms with Crippen molar-refractivity contribution in [3.05, 3.63) is 59.7 Å². The predicted molar refractivity (Wildman–Crippen MR) is 104 cm³/mol. The minimum Gasteiger partial charge on any atom is -0.343 e. The average molecular weight is 355 g/mol. The number of hydrogen-bond acceptors (Lipinski definition) is 3. The second-order valence-corrected chi connectivity index (χ2v) is 6.38. The molecular formula is C22H29NO3. The Balaban J connectivity index is 2.17. The van der Waals surface area contributed by atoms with Crippen molar-refractivity contribution in [3.63, 3.8) is 0 Å². The van der Waals surface area contributed by atoms with E-state index in [1.54, 1.807) is 0 Å². The SMILES string of the molecule is CCCCc1ccccc1ON(Oc1ccccc1CCCC)C(C)=O. The van der Waals surface area contributed by atoms with Gasteiger partial charge in [-0.05, 0) is 48.9 Å². The van der Waals surface area contributed by atoms with Crippen molar-refractivity contribution in [1.29, 1.82) is 0 Å². The lowest BCUT2D eigenvalue weighted by Gasteiger charge is -2.22. The average Bonchev–Trinajstić information content (AvgIpc) is 2.65. The first-order chi connectivity index (χ1) is 12.7. The molecule has 0 radical (unpaired) electrons. The molecule has 140 valence electrons. The van der Waals surface area contributed by atoms with Crippen molar-refractivity contribution in [2.75, 3.05) is 0 Å². The van der Waals surface area contributed by atoms with Crippen LogP contribution in [0.3, 0.4) is 0 Å². The molecule has 0 saturated heterocycles. The number of aryl methyl sites for hydroxylation is 2. The molecule has 26 heavy (non-hydrogen) atoms. The van der Waals surface area contributed by atoms with E-state index in [2.05, 4.69) is 13.8 Å². The molecule has 0 N–H and O–H groups in total.